The first-order valence-corrected chi connectivity index (χ1v) is 10.2. The Balaban J connectivity index is 1.84. The standard InChI is InChI=1S/C22H20FN7O4/c1-4-19(31)25-15-11-24-22(26-14-10-17(30(32)33)13(23)9-18(14)34-3)27-21(15)20-12-7-5-6-8-16(12)29(2)28-20/h5-11H,4H2,1-3H3,(H,25,31)(H,24,26,27). The normalized spacial score (nSPS) is 10.8. The molecule has 2 N–H and O–H groups in total. The van der Waals surface area contributed by atoms with E-state index in [9.17, 15) is 19.3 Å². The Kier molecular flexibility index (Phi) is 6.04. The van der Waals surface area contributed by atoms with Crippen LogP contribution in [0.5, 0.6) is 5.75 Å². The van der Waals surface area contributed by atoms with Crippen molar-refractivity contribution >= 4 is 39.8 Å². The van der Waals surface area contributed by atoms with Gasteiger partial charge in [0.25, 0.3) is 0 Å². The summed E-state index contributed by atoms with van der Waals surface area (Å²) in [5, 5.41) is 22.2. The molecule has 0 aliphatic heterocycles. The zero-order chi connectivity index (χ0) is 24.4. The van der Waals surface area contributed by atoms with Crippen LogP contribution in [0.4, 0.5) is 27.4 Å². The highest BCUT2D eigenvalue weighted by molar-refractivity contribution is 5.99. The molecule has 0 spiro atoms. The van der Waals surface area contributed by atoms with E-state index < -0.39 is 16.4 Å². The summed E-state index contributed by atoms with van der Waals surface area (Å²) in [6, 6.07) is 9.43. The highest BCUT2D eigenvalue weighted by Crippen LogP contribution is 2.35. The average Bonchev–Trinajstić information content (AvgIpc) is 3.17. The number of amides is 1. The number of carbonyl (C=O) groups excluding carboxylic acids is 1. The maximum atomic E-state index is 14.0. The van der Waals surface area contributed by atoms with Gasteiger partial charge in [-0.1, -0.05) is 25.1 Å². The summed E-state index contributed by atoms with van der Waals surface area (Å²) in [6.45, 7) is 1.72. The van der Waals surface area contributed by atoms with Crippen LogP contribution < -0.4 is 15.4 Å². The number of carbonyl (C=O) groups is 1. The first kappa shape index (κ1) is 22.6. The van der Waals surface area contributed by atoms with Crippen molar-refractivity contribution in [3.63, 3.8) is 0 Å². The van der Waals surface area contributed by atoms with Crippen molar-refractivity contribution in [2.45, 2.75) is 13.3 Å². The first-order valence-electron chi connectivity index (χ1n) is 10.2. The number of aryl methyl sites for hydroxylation is 1. The Labute approximate surface area is 192 Å². The lowest BCUT2D eigenvalue weighted by Crippen LogP contribution is -2.12. The number of rotatable bonds is 7. The number of methoxy groups -OCH3 is 1. The maximum absolute atomic E-state index is 14.0. The van der Waals surface area contributed by atoms with Gasteiger partial charge in [0.1, 0.15) is 17.1 Å². The number of para-hydroxylation sites is 1. The molecule has 0 fully saturated rings. The van der Waals surface area contributed by atoms with Gasteiger partial charge in [-0.2, -0.15) is 9.49 Å². The lowest BCUT2D eigenvalue weighted by Gasteiger charge is -2.13. The molecule has 2 aromatic heterocycles. The van der Waals surface area contributed by atoms with Crippen LogP contribution in [0.25, 0.3) is 22.3 Å². The molecule has 0 atom stereocenters. The molecule has 12 heteroatoms. The van der Waals surface area contributed by atoms with Crippen molar-refractivity contribution in [1.29, 1.82) is 0 Å². The lowest BCUT2D eigenvalue weighted by atomic mass is 10.1. The van der Waals surface area contributed by atoms with E-state index in [1.54, 1.807) is 18.7 Å². The molecule has 2 heterocycles. The summed E-state index contributed by atoms with van der Waals surface area (Å²) in [4.78, 5) is 31.2. The van der Waals surface area contributed by atoms with Gasteiger partial charge < -0.3 is 15.4 Å². The molecule has 0 aliphatic carbocycles. The van der Waals surface area contributed by atoms with E-state index in [0.29, 0.717) is 17.1 Å². The Hall–Kier alpha value is -4.61. The number of hydrogen-bond donors (Lipinski definition) is 2. The van der Waals surface area contributed by atoms with E-state index in [4.69, 9.17) is 4.74 Å². The number of fused-ring (bicyclic) bond motifs is 1. The van der Waals surface area contributed by atoms with Crippen molar-refractivity contribution in [2.75, 3.05) is 17.7 Å². The predicted octanol–water partition coefficient (Wildman–Crippen LogP) is 4.18. The molecule has 2 aromatic carbocycles. The van der Waals surface area contributed by atoms with Gasteiger partial charge in [0.05, 0.1) is 35.1 Å². The topological polar surface area (TPSA) is 137 Å². The van der Waals surface area contributed by atoms with Gasteiger partial charge >= 0.3 is 5.69 Å². The molecule has 1 amide bonds. The van der Waals surface area contributed by atoms with E-state index in [-0.39, 0.29) is 29.7 Å². The third-order valence-corrected chi connectivity index (χ3v) is 5.08. The maximum Gasteiger partial charge on any atom is 0.307 e. The molecule has 4 rings (SSSR count). The summed E-state index contributed by atoms with van der Waals surface area (Å²) >= 11 is 0. The molecule has 0 aliphatic rings. The molecule has 0 saturated heterocycles. The van der Waals surface area contributed by atoms with Gasteiger partial charge in [0.2, 0.25) is 17.7 Å². The van der Waals surface area contributed by atoms with Crippen LogP contribution >= 0.6 is 0 Å². The van der Waals surface area contributed by atoms with Crippen molar-refractivity contribution in [3.05, 3.63) is 58.5 Å². The van der Waals surface area contributed by atoms with Crippen LogP contribution in [0.1, 0.15) is 13.3 Å². The van der Waals surface area contributed by atoms with E-state index in [1.807, 2.05) is 24.3 Å². The van der Waals surface area contributed by atoms with Crippen molar-refractivity contribution in [3.8, 4) is 17.1 Å². The van der Waals surface area contributed by atoms with Gasteiger partial charge in [-0.25, -0.2) is 9.97 Å². The Morgan fingerprint density at radius 1 is 1.24 bits per heavy atom. The minimum absolute atomic E-state index is 0.0277. The molecule has 34 heavy (non-hydrogen) atoms. The van der Waals surface area contributed by atoms with Crippen LogP contribution in [-0.4, -0.2) is 37.7 Å². The molecule has 0 saturated carbocycles. The quantitative estimate of drug-likeness (QED) is 0.306. The summed E-state index contributed by atoms with van der Waals surface area (Å²) in [6.07, 6.45) is 1.66. The zero-order valence-corrected chi connectivity index (χ0v) is 18.5. The van der Waals surface area contributed by atoms with Crippen molar-refractivity contribution in [1.82, 2.24) is 19.7 Å². The molecular weight excluding hydrogens is 445 g/mol. The monoisotopic (exact) mass is 465 g/mol. The minimum Gasteiger partial charge on any atom is -0.494 e. The third-order valence-electron chi connectivity index (χ3n) is 5.08. The zero-order valence-electron chi connectivity index (χ0n) is 18.5. The number of aromatic nitrogens is 4. The van der Waals surface area contributed by atoms with Crippen LogP contribution in [0.3, 0.4) is 0 Å². The first-order chi connectivity index (χ1) is 16.3. The number of nitro benzene ring substituents is 1. The molecule has 0 radical (unpaired) electrons. The molecule has 174 valence electrons. The number of nitrogens with one attached hydrogen (secondary N) is 2. The fraction of sp³-hybridized carbons (Fsp3) is 0.182. The van der Waals surface area contributed by atoms with Gasteiger partial charge in [-0.05, 0) is 6.07 Å². The van der Waals surface area contributed by atoms with Gasteiger partial charge in [-0.15, -0.1) is 0 Å². The number of ether oxygens (including phenoxy) is 1. The summed E-state index contributed by atoms with van der Waals surface area (Å²) in [5.74, 6) is -1.20. The molecular formula is C22H20FN7O4. The second kappa shape index (κ2) is 9.10. The minimum atomic E-state index is -1.04. The second-order valence-electron chi connectivity index (χ2n) is 7.23. The molecule has 0 bridgehead atoms. The summed E-state index contributed by atoms with van der Waals surface area (Å²) < 4.78 is 20.9. The van der Waals surface area contributed by atoms with E-state index in [2.05, 4.69) is 25.7 Å². The molecule has 11 nitrogen and oxygen atoms in total. The van der Waals surface area contributed by atoms with Crippen LogP contribution in [0.2, 0.25) is 0 Å². The smallest absolute Gasteiger partial charge is 0.307 e. The highest BCUT2D eigenvalue weighted by atomic mass is 19.1. The number of anilines is 3. The molecule has 4 aromatic rings. The van der Waals surface area contributed by atoms with Gasteiger partial charge in [-0.3, -0.25) is 19.6 Å². The fourth-order valence-electron chi connectivity index (χ4n) is 3.41. The van der Waals surface area contributed by atoms with E-state index in [1.165, 1.54) is 13.3 Å². The van der Waals surface area contributed by atoms with Gasteiger partial charge in [0.15, 0.2) is 0 Å². The second-order valence-corrected chi connectivity index (χ2v) is 7.23. The van der Waals surface area contributed by atoms with Crippen LogP contribution in [0.15, 0.2) is 42.6 Å². The van der Waals surface area contributed by atoms with Crippen LogP contribution in [0, 0.1) is 15.9 Å². The van der Waals surface area contributed by atoms with Crippen molar-refractivity contribution < 1.29 is 18.8 Å². The van der Waals surface area contributed by atoms with Crippen molar-refractivity contribution in [2.24, 2.45) is 7.05 Å². The predicted molar refractivity (Wildman–Crippen MR) is 124 cm³/mol. The number of hydrogen-bond acceptors (Lipinski definition) is 8. The third kappa shape index (κ3) is 4.20. The van der Waals surface area contributed by atoms with Crippen LogP contribution in [-0.2, 0) is 11.8 Å². The number of halogens is 1. The Bertz CT molecular complexity index is 1420. The number of nitro groups is 1. The number of nitrogens with zero attached hydrogens (tertiary/aromatic N) is 5. The summed E-state index contributed by atoms with van der Waals surface area (Å²) in [5.41, 5.74) is 1.41. The Morgan fingerprint density at radius 3 is 2.71 bits per heavy atom. The number of benzene rings is 2. The largest absolute Gasteiger partial charge is 0.494 e. The van der Waals surface area contributed by atoms with Gasteiger partial charge in [0, 0.05) is 31.0 Å². The molecule has 0 unspecified atom stereocenters. The lowest BCUT2D eigenvalue weighted by molar-refractivity contribution is -0.387. The highest BCUT2D eigenvalue weighted by Gasteiger charge is 2.22. The average molecular weight is 465 g/mol. The van der Waals surface area contributed by atoms with E-state index >= 15 is 0 Å². The fourth-order valence-corrected chi connectivity index (χ4v) is 3.41. The summed E-state index contributed by atoms with van der Waals surface area (Å²) in [7, 11) is 3.10. The SMILES string of the molecule is CCC(=O)Nc1cnc(Nc2cc([N+](=O)[O-])c(F)cc2OC)nc1-c1nn(C)c2ccccc12. The Morgan fingerprint density at radius 2 is 2.00 bits per heavy atom. The van der Waals surface area contributed by atoms with E-state index in [0.717, 1.165) is 23.0 Å².